The summed E-state index contributed by atoms with van der Waals surface area (Å²) in [6.07, 6.45) is 0.426. The summed E-state index contributed by atoms with van der Waals surface area (Å²) in [6.45, 7) is 2.05. The van der Waals surface area contributed by atoms with Crippen LogP contribution in [0.15, 0.2) is 89.3 Å². The highest BCUT2D eigenvalue weighted by atomic mass is 16.4. The zero-order valence-electron chi connectivity index (χ0n) is 16.1. The zero-order chi connectivity index (χ0) is 20.1. The van der Waals surface area contributed by atoms with E-state index in [1.54, 1.807) is 0 Å². The van der Waals surface area contributed by atoms with Crippen LogP contribution in [0.1, 0.15) is 24.8 Å². The van der Waals surface area contributed by atoms with Crippen LogP contribution in [0.2, 0.25) is 0 Å². The molecule has 0 aliphatic rings. The van der Waals surface area contributed by atoms with E-state index in [1.807, 2.05) is 84.9 Å². The van der Waals surface area contributed by atoms with Crippen LogP contribution in [-0.2, 0) is 4.79 Å². The van der Waals surface area contributed by atoms with Crippen LogP contribution in [0.5, 0.6) is 0 Å². The van der Waals surface area contributed by atoms with Crippen LogP contribution in [0, 0.1) is 0 Å². The fourth-order valence-electron chi connectivity index (χ4n) is 3.12. The van der Waals surface area contributed by atoms with Gasteiger partial charge in [0.2, 0.25) is 17.7 Å². The summed E-state index contributed by atoms with van der Waals surface area (Å²) in [5.41, 5.74) is 3.57. The van der Waals surface area contributed by atoms with E-state index in [4.69, 9.17) is 4.42 Å². The molecule has 5 heteroatoms. The molecule has 1 heterocycles. The lowest BCUT2D eigenvalue weighted by Gasteiger charge is -2.12. The number of aromatic nitrogens is 2. The molecule has 0 saturated heterocycles. The molecule has 0 bridgehead atoms. The van der Waals surface area contributed by atoms with Gasteiger partial charge in [0, 0.05) is 23.2 Å². The Labute approximate surface area is 169 Å². The normalized spacial score (nSPS) is 11.8. The summed E-state index contributed by atoms with van der Waals surface area (Å²) >= 11 is 0. The van der Waals surface area contributed by atoms with E-state index in [2.05, 4.69) is 22.4 Å². The van der Waals surface area contributed by atoms with Crippen molar-refractivity contribution in [1.29, 1.82) is 0 Å². The highest BCUT2D eigenvalue weighted by Gasteiger charge is 2.13. The van der Waals surface area contributed by atoms with E-state index in [9.17, 15) is 4.79 Å². The van der Waals surface area contributed by atoms with Gasteiger partial charge >= 0.3 is 0 Å². The van der Waals surface area contributed by atoms with E-state index < -0.39 is 0 Å². The lowest BCUT2D eigenvalue weighted by Crippen LogP contribution is -2.14. The van der Waals surface area contributed by atoms with Crippen LogP contribution >= 0.6 is 0 Å². The van der Waals surface area contributed by atoms with Gasteiger partial charge in [-0.15, -0.1) is 10.2 Å². The zero-order valence-corrected chi connectivity index (χ0v) is 16.1. The molecule has 5 nitrogen and oxygen atoms in total. The Balaban J connectivity index is 1.39. The van der Waals surface area contributed by atoms with Gasteiger partial charge in [-0.05, 0) is 47.9 Å². The summed E-state index contributed by atoms with van der Waals surface area (Å²) in [5.74, 6) is 1.07. The third-order valence-corrected chi connectivity index (χ3v) is 4.72. The summed E-state index contributed by atoms with van der Waals surface area (Å²) in [7, 11) is 0. The maximum absolute atomic E-state index is 12.4. The number of nitrogens with one attached hydrogen (secondary N) is 1. The van der Waals surface area contributed by atoms with Crippen LogP contribution in [0.25, 0.3) is 22.9 Å². The molecule has 0 radical (unpaired) electrons. The minimum absolute atomic E-state index is 0.0155. The largest absolute Gasteiger partial charge is 0.416 e. The van der Waals surface area contributed by atoms with Crippen molar-refractivity contribution >= 4 is 11.6 Å². The molecule has 1 N–H and O–H groups in total. The molecule has 0 spiro atoms. The van der Waals surface area contributed by atoms with Crippen LogP contribution in [0.4, 0.5) is 5.69 Å². The van der Waals surface area contributed by atoms with Crippen LogP contribution in [-0.4, -0.2) is 16.1 Å². The maximum atomic E-state index is 12.4. The van der Waals surface area contributed by atoms with Crippen molar-refractivity contribution in [1.82, 2.24) is 10.2 Å². The van der Waals surface area contributed by atoms with Crippen molar-refractivity contribution in [3.8, 4) is 22.9 Å². The molecule has 1 amide bonds. The first-order valence-electron chi connectivity index (χ1n) is 9.53. The van der Waals surface area contributed by atoms with Crippen molar-refractivity contribution in [3.05, 3.63) is 90.5 Å². The standard InChI is InChI=1S/C24H21N3O2/c1-17(18-8-4-2-5-9-18)16-22(28)25-21-14-12-20(13-15-21)24-27-26-23(29-24)19-10-6-3-7-11-19/h2-15,17H,16H2,1H3,(H,25,28). The number of amides is 1. The second kappa shape index (κ2) is 8.52. The third kappa shape index (κ3) is 4.58. The smallest absolute Gasteiger partial charge is 0.248 e. The number of nitrogens with zero attached hydrogens (tertiary/aromatic N) is 2. The first-order valence-corrected chi connectivity index (χ1v) is 9.53. The highest BCUT2D eigenvalue weighted by molar-refractivity contribution is 5.91. The Morgan fingerprint density at radius 2 is 1.38 bits per heavy atom. The van der Waals surface area contributed by atoms with Gasteiger partial charge in [0.25, 0.3) is 0 Å². The number of benzene rings is 3. The molecule has 1 atom stereocenters. The molecule has 29 heavy (non-hydrogen) atoms. The summed E-state index contributed by atoms with van der Waals surface area (Å²) in [4.78, 5) is 12.4. The maximum Gasteiger partial charge on any atom is 0.248 e. The van der Waals surface area contributed by atoms with Gasteiger partial charge < -0.3 is 9.73 Å². The van der Waals surface area contributed by atoms with E-state index in [0.29, 0.717) is 18.2 Å². The number of carbonyl (C=O) groups is 1. The first kappa shape index (κ1) is 18.6. The molecule has 1 aromatic heterocycles. The number of anilines is 1. The molecular weight excluding hydrogens is 362 g/mol. The Morgan fingerprint density at radius 3 is 2.00 bits per heavy atom. The van der Waals surface area contributed by atoms with Crippen molar-refractivity contribution in [2.24, 2.45) is 0 Å². The van der Waals surface area contributed by atoms with Gasteiger partial charge in [0.15, 0.2) is 0 Å². The van der Waals surface area contributed by atoms with Crippen molar-refractivity contribution in [2.75, 3.05) is 5.32 Å². The molecule has 0 aliphatic carbocycles. The predicted octanol–water partition coefficient (Wildman–Crippen LogP) is 5.54. The molecule has 0 aliphatic heterocycles. The average Bonchev–Trinajstić information content (AvgIpc) is 3.26. The predicted molar refractivity (Wildman–Crippen MR) is 113 cm³/mol. The molecule has 0 saturated carbocycles. The van der Waals surface area contributed by atoms with E-state index in [-0.39, 0.29) is 11.8 Å². The number of hydrogen-bond acceptors (Lipinski definition) is 4. The van der Waals surface area contributed by atoms with Crippen molar-refractivity contribution in [2.45, 2.75) is 19.3 Å². The summed E-state index contributed by atoms with van der Waals surface area (Å²) < 4.78 is 5.77. The molecule has 0 fully saturated rings. The Hall–Kier alpha value is -3.73. The average molecular weight is 383 g/mol. The lowest BCUT2D eigenvalue weighted by molar-refractivity contribution is -0.116. The third-order valence-electron chi connectivity index (χ3n) is 4.72. The number of rotatable bonds is 6. The lowest BCUT2D eigenvalue weighted by atomic mass is 9.97. The highest BCUT2D eigenvalue weighted by Crippen LogP contribution is 2.25. The minimum atomic E-state index is -0.0155. The van der Waals surface area contributed by atoms with Gasteiger partial charge in [0.1, 0.15) is 0 Å². The molecule has 3 aromatic carbocycles. The summed E-state index contributed by atoms with van der Waals surface area (Å²) in [5, 5.41) is 11.2. The molecule has 1 unspecified atom stereocenters. The van der Waals surface area contributed by atoms with Gasteiger partial charge in [-0.2, -0.15) is 0 Å². The number of carbonyl (C=O) groups excluding carboxylic acids is 1. The Morgan fingerprint density at radius 1 is 0.828 bits per heavy atom. The second-order valence-electron chi connectivity index (χ2n) is 6.92. The van der Waals surface area contributed by atoms with Crippen LogP contribution < -0.4 is 5.32 Å². The topological polar surface area (TPSA) is 68.0 Å². The second-order valence-corrected chi connectivity index (χ2v) is 6.92. The molecule has 4 rings (SSSR count). The van der Waals surface area contributed by atoms with Crippen molar-refractivity contribution in [3.63, 3.8) is 0 Å². The molecule has 144 valence electrons. The Kier molecular flexibility index (Phi) is 5.47. The SMILES string of the molecule is CC(CC(=O)Nc1ccc(-c2nnc(-c3ccccc3)o2)cc1)c1ccccc1. The Bertz CT molecular complexity index is 1070. The first-order chi connectivity index (χ1) is 14.2. The minimum Gasteiger partial charge on any atom is -0.416 e. The van der Waals surface area contributed by atoms with E-state index >= 15 is 0 Å². The quantitative estimate of drug-likeness (QED) is 0.475. The fraction of sp³-hybridized carbons (Fsp3) is 0.125. The van der Waals surface area contributed by atoms with E-state index in [1.165, 1.54) is 0 Å². The van der Waals surface area contributed by atoms with Gasteiger partial charge in [-0.1, -0.05) is 55.5 Å². The van der Waals surface area contributed by atoms with Gasteiger partial charge in [-0.25, -0.2) is 0 Å². The number of hydrogen-bond donors (Lipinski definition) is 1. The van der Waals surface area contributed by atoms with E-state index in [0.717, 1.165) is 22.4 Å². The molecular formula is C24H21N3O2. The van der Waals surface area contributed by atoms with Gasteiger partial charge in [-0.3, -0.25) is 4.79 Å². The molecule has 4 aromatic rings. The fourth-order valence-corrected chi connectivity index (χ4v) is 3.12. The van der Waals surface area contributed by atoms with Gasteiger partial charge in [0.05, 0.1) is 0 Å². The van der Waals surface area contributed by atoms with Crippen LogP contribution in [0.3, 0.4) is 0 Å². The summed E-state index contributed by atoms with van der Waals surface area (Å²) in [6, 6.07) is 27.1. The monoisotopic (exact) mass is 383 g/mol. The van der Waals surface area contributed by atoms with Crippen molar-refractivity contribution < 1.29 is 9.21 Å².